The van der Waals surface area contributed by atoms with Gasteiger partial charge in [-0.05, 0) is 31.0 Å². The Balaban J connectivity index is 3.26. The molecule has 0 aromatic heterocycles. The SMILES string of the molecule is C=CC[C@@H](N)c1cc(C(=O)O)cc(C)c1O. The molecule has 0 amide bonds. The second-order valence-corrected chi connectivity index (χ2v) is 3.67. The molecule has 0 saturated carbocycles. The molecule has 1 rings (SSSR count). The van der Waals surface area contributed by atoms with Crippen LogP contribution in [0.15, 0.2) is 24.8 Å². The summed E-state index contributed by atoms with van der Waals surface area (Å²) in [5.41, 5.74) is 6.90. The van der Waals surface area contributed by atoms with Crippen molar-refractivity contribution in [2.75, 3.05) is 0 Å². The molecular weight excluding hydrogens is 206 g/mol. The number of phenolic OH excluding ortho intramolecular Hbond substituents is 1. The summed E-state index contributed by atoms with van der Waals surface area (Å²) >= 11 is 0. The lowest BCUT2D eigenvalue weighted by molar-refractivity contribution is 0.0696. The molecule has 1 aromatic carbocycles. The number of carboxylic acids is 1. The summed E-state index contributed by atoms with van der Waals surface area (Å²) in [6.07, 6.45) is 2.11. The van der Waals surface area contributed by atoms with Crippen LogP contribution >= 0.6 is 0 Å². The molecule has 0 fully saturated rings. The summed E-state index contributed by atoms with van der Waals surface area (Å²) in [4.78, 5) is 10.9. The van der Waals surface area contributed by atoms with E-state index in [0.29, 0.717) is 17.5 Å². The third-order valence-electron chi connectivity index (χ3n) is 2.40. The van der Waals surface area contributed by atoms with Crippen LogP contribution in [0.4, 0.5) is 0 Å². The highest BCUT2D eigenvalue weighted by Crippen LogP contribution is 2.29. The van der Waals surface area contributed by atoms with Gasteiger partial charge in [0.15, 0.2) is 0 Å². The van der Waals surface area contributed by atoms with Gasteiger partial charge in [-0.3, -0.25) is 0 Å². The highest BCUT2D eigenvalue weighted by molar-refractivity contribution is 5.88. The first-order chi connectivity index (χ1) is 7.47. The number of hydrogen-bond donors (Lipinski definition) is 3. The number of aromatic carboxylic acids is 1. The molecule has 4 nitrogen and oxygen atoms in total. The van der Waals surface area contributed by atoms with Crippen molar-refractivity contribution >= 4 is 5.97 Å². The van der Waals surface area contributed by atoms with Crippen LogP contribution in [0.25, 0.3) is 0 Å². The Morgan fingerprint density at radius 1 is 1.62 bits per heavy atom. The van der Waals surface area contributed by atoms with Crippen molar-refractivity contribution in [3.8, 4) is 5.75 Å². The lowest BCUT2D eigenvalue weighted by atomic mass is 9.98. The second kappa shape index (κ2) is 4.81. The van der Waals surface area contributed by atoms with Gasteiger partial charge < -0.3 is 15.9 Å². The predicted octanol–water partition coefficient (Wildman–Crippen LogP) is 1.97. The Kier molecular flexibility index (Phi) is 3.68. The van der Waals surface area contributed by atoms with Crippen molar-refractivity contribution < 1.29 is 15.0 Å². The molecule has 0 unspecified atom stereocenters. The van der Waals surface area contributed by atoms with E-state index in [1.54, 1.807) is 13.0 Å². The van der Waals surface area contributed by atoms with E-state index in [-0.39, 0.29) is 11.3 Å². The second-order valence-electron chi connectivity index (χ2n) is 3.67. The molecule has 0 bridgehead atoms. The minimum atomic E-state index is -1.03. The maximum Gasteiger partial charge on any atom is 0.335 e. The molecule has 0 saturated heterocycles. The van der Waals surface area contributed by atoms with Crippen molar-refractivity contribution in [3.63, 3.8) is 0 Å². The van der Waals surface area contributed by atoms with Gasteiger partial charge in [0.25, 0.3) is 0 Å². The summed E-state index contributed by atoms with van der Waals surface area (Å²) in [7, 11) is 0. The van der Waals surface area contributed by atoms with Crippen LogP contribution in [-0.2, 0) is 0 Å². The van der Waals surface area contributed by atoms with E-state index in [1.165, 1.54) is 12.1 Å². The molecule has 0 aliphatic carbocycles. The van der Waals surface area contributed by atoms with Crippen molar-refractivity contribution in [3.05, 3.63) is 41.5 Å². The lowest BCUT2D eigenvalue weighted by Crippen LogP contribution is -2.11. The van der Waals surface area contributed by atoms with Gasteiger partial charge in [0, 0.05) is 11.6 Å². The summed E-state index contributed by atoms with van der Waals surface area (Å²) in [5.74, 6) is -0.977. The Labute approximate surface area is 94.0 Å². The number of benzene rings is 1. The molecule has 0 heterocycles. The van der Waals surface area contributed by atoms with E-state index in [0.717, 1.165) is 0 Å². The minimum Gasteiger partial charge on any atom is -0.507 e. The zero-order valence-corrected chi connectivity index (χ0v) is 9.10. The zero-order chi connectivity index (χ0) is 12.3. The number of aromatic hydroxyl groups is 1. The van der Waals surface area contributed by atoms with Gasteiger partial charge in [-0.15, -0.1) is 6.58 Å². The monoisotopic (exact) mass is 221 g/mol. The smallest absolute Gasteiger partial charge is 0.335 e. The number of hydrogen-bond acceptors (Lipinski definition) is 3. The maximum atomic E-state index is 10.9. The molecule has 4 N–H and O–H groups in total. The fraction of sp³-hybridized carbons (Fsp3) is 0.250. The first kappa shape index (κ1) is 12.3. The Bertz CT molecular complexity index is 427. The van der Waals surface area contributed by atoms with Crippen LogP contribution in [0, 0.1) is 6.92 Å². The van der Waals surface area contributed by atoms with Gasteiger partial charge in [-0.2, -0.15) is 0 Å². The number of nitrogens with two attached hydrogens (primary N) is 1. The highest BCUT2D eigenvalue weighted by Gasteiger charge is 2.15. The van der Waals surface area contributed by atoms with Crippen LogP contribution in [0.1, 0.15) is 33.9 Å². The minimum absolute atomic E-state index is 0.0550. The third kappa shape index (κ3) is 2.41. The zero-order valence-electron chi connectivity index (χ0n) is 9.10. The molecule has 86 valence electrons. The van der Waals surface area contributed by atoms with Gasteiger partial charge in [0.2, 0.25) is 0 Å². The van der Waals surface area contributed by atoms with Crippen LogP contribution in [0.3, 0.4) is 0 Å². The first-order valence-electron chi connectivity index (χ1n) is 4.90. The van der Waals surface area contributed by atoms with E-state index in [1.807, 2.05) is 0 Å². The van der Waals surface area contributed by atoms with Gasteiger partial charge in [-0.1, -0.05) is 6.08 Å². The fourth-order valence-electron chi connectivity index (χ4n) is 1.52. The topological polar surface area (TPSA) is 83.6 Å². The maximum absolute atomic E-state index is 10.9. The molecule has 4 heteroatoms. The van der Waals surface area contributed by atoms with Gasteiger partial charge >= 0.3 is 5.97 Å². The Morgan fingerprint density at radius 3 is 2.75 bits per heavy atom. The van der Waals surface area contributed by atoms with Crippen LogP contribution in [0.2, 0.25) is 0 Å². The van der Waals surface area contributed by atoms with Crippen LogP contribution < -0.4 is 5.73 Å². The van der Waals surface area contributed by atoms with Crippen molar-refractivity contribution in [1.29, 1.82) is 0 Å². The summed E-state index contributed by atoms with van der Waals surface area (Å²) in [6, 6.07) is 2.39. The van der Waals surface area contributed by atoms with E-state index in [4.69, 9.17) is 10.8 Å². The molecular formula is C12H15NO3. The van der Waals surface area contributed by atoms with Crippen molar-refractivity contribution in [2.45, 2.75) is 19.4 Å². The molecule has 0 spiro atoms. The normalized spacial score (nSPS) is 12.1. The average molecular weight is 221 g/mol. The van der Waals surface area contributed by atoms with E-state index in [9.17, 15) is 9.90 Å². The molecule has 0 radical (unpaired) electrons. The molecule has 1 atom stereocenters. The highest BCUT2D eigenvalue weighted by atomic mass is 16.4. The van der Waals surface area contributed by atoms with E-state index < -0.39 is 12.0 Å². The van der Waals surface area contributed by atoms with E-state index in [2.05, 4.69) is 6.58 Å². The largest absolute Gasteiger partial charge is 0.507 e. The van der Waals surface area contributed by atoms with Gasteiger partial charge in [-0.25, -0.2) is 4.79 Å². The number of aryl methyl sites for hydroxylation is 1. The Morgan fingerprint density at radius 2 is 2.25 bits per heavy atom. The summed E-state index contributed by atoms with van der Waals surface area (Å²) < 4.78 is 0. The molecule has 0 aliphatic heterocycles. The lowest BCUT2D eigenvalue weighted by Gasteiger charge is -2.14. The van der Waals surface area contributed by atoms with Gasteiger partial charge in [0.05, 0.1) is 5.56 Å². The summed E-state index contributed by atoms with van der Waals surface area (Å²) in [5, 5.41) is 18.7. The van der Waals surface area contributed by atoms with Crippen LogP contribution in [0.5, 0.6) is 5.75 Å². The number of carbonyl (C=O) groups is 1. The Hall–Kier alpha value is -1.81. The molecule has 16 heavy (non-hydrogen) atoms. The first-order valence-corrected chi connectivity index (χ1v) is 4.90. The standard InChI is InChI=1S/C12H15NO3/c1-3-4-10(13)9-6-8(12(15)16)5-7(2)11(9)14/h3,5-6,10,14H,1,4,13H2,2H3,(H,15,16)/t10-/m1/s1. The quantitative estimate of drug-likeness (QED) is 0.679. The van der Waals surface area contributed by atoms with Crippen molar-refractivity contribution in [2.24, 2.45) is 5.73 Å². The third-order valence-corrected chi connectivity index (χ3v) is 2.40. The van der Waals surface area contributed by atoms with Crippen LogP contribution in [-0.4, -0.2) is 16.2 Å². The molecule has 1 aromatic rings. The van der Waals surface area contributed by atoms with Gasteiger partial charge in [0.1, 0.15) is 5.75 Å². The fourth-order valence-corrected chi connectivity index (χ4v) is 1.52. The molecule has 0 aliphatic rings. The average Bonchev–Trinajstić information content (AvgIpc) is 2.21. The number of phenols is 1. The number of carboxylic acid groups (broad SMARTS) is 1. The predicted molar refractivity (Wildman–Crippen MR) is 61.5 cm³/mol. The van der Waals surface area contributed by atoms with Crippen molar-refractivity contribution in [1.82, 2.24) is 0 Å². The number of rotatable bonds is 4. The van der Waals surface area contributed by atoms with E-state index >= 15 is 0 Å². The summed E-state index contributed by atoms with van der Waals surface area (Å²) in [6.45, 7) is 5.20.